The summed E-state index contributed by atoms with van der Waals surface area (Å²) in [6.45, 7) is 0. The molecule has 1 heterocycles. The van der Waals surface area contributed by atoms with Crippen molar-refractivity contribution in [2.24, 2.45) is 0 Å². The molecule has 0 aliphatic heterocycles. The Bertz CT molecular complexity index is 3290. The van der Waals surface area contributed by atoms with Crippen LogP contribution in [0.15, 0.2) is 241 Å². The van der Waals surface area contributed by atoms with Crippen molar-refractivity contribution < 1.29 is 4.42 Å². The van der Waals surface area contributed by atoms with Crippen molar-refractivity contribution in [2.75, 3.05) is 4.90 Å². The molecule has 0 unspecified atom stereocenters. The molecule has 0 N–H and O–H groups in total. The van der Waals surface area contributed by atoms with Gasteiger partial charge in [-0.1, -0.05) is 188 Å². The van der Waals surface area contributed by atoms with Crippen LogP contribution in [0.3, 0.4) is 0 Å². The van der Waals surface area contributed by atoms with E-state index in [1.54, 1.807) is 0 Å². The Kier molecular flexibility index (Phi) is 8.87. The molecule has 0 atom stereocenters. The Morgan fingerprint density at radius 3 is 1.55 bits per heavy atom. The number of benzene rings is 10. The first kappa shape index (κ1) is 35.2. The molecule has 2 heteroatoms. The summed E-state index contributed by atoms with van der Waals surface area (Å²) in [7, 11) is 0. The van der Waals surface area contributed by atoms with Gasteiger partial charge < -0.3 is 9.32 Å². The third kappa shape index (κ3) is 6.41. The molecule has 0 aliphatic rings. The largest absolute Gasteiger partial charge is 0.455 e. The minimum Gasteiger partial charge on any atom is -0.455 e. The monoisotopic (exact) mass is 765 g/mol. The molecule has 11 aromatic rings. The zero-order valence-electron chi connectivity index (χ0n) is 32.9. The lowest BCUT2D eigenvalue weighted by molar-refractivity contribution is 0.670. The van der Waals surface area contributed by atoms with Crippen molar-refractivity contribution in [2.45, 2.75) is 0 Å². The van der Waals surface area contributed by atoms with E-state index in [-0.39, 0.29) is 0 Å². The van der Waals surface area contributed by atoms with E-state index >= 15 is 0 Å². The lowest BCUT2D eigenvalue weighted by Crippen LogP contribution is -2.11. The molecule has 1 aromatic heterocycles. The molecule has 0 aliphatic carbocycles. The van der Waals surface area contributed by atoms with Crippen molar-refractivity contribution in [1.82, 2.24) is 0 Å². The third-order valence-corrected chi connectivity index (χ3v) is 11.7. The number of rotatable bonds is 8. The molecule has 0 amide bonds. The molecular weight excluding hydrogens is 727 g/mol. The highest BCUT2D eigenvalue weighted by Gasteiger charge is 2.19. The van der Waals surface area contributed by atoms with Crippen molar-refractivity contribution in [1.29, 1.82) is 0 Å². The second kappa shape index (κ2) is 15.1. The number of fused-ring (bicyclic) bond motifs is 4. The summed E-state index contributed by atoms with van der Waals surface area (Å²) < 4.78 is 6.68. The van der Waals surface area contributed by atoms with Crippen LogP contribution >= 0.6 is 0 Å². The van der Waals surface area contributed by atoms with Crippen LogP contribution in [0.1, 0.15) is 0 Å². The van der Waals surface area contributed by atoms with Crippen molar-refractivity contribution in [3.05, 3.63) is 237 Å². The van der Waals surface area contributed by atoms with Gasteiger partial charge in [-0.3, -0.25) is 0 Å². The van der Waals surface area contributed by atoms with Gasteiger partial charge in [-0.15, -0.1) is 0 Å². The highest BCUT2D eigenvalue weighted by Crippen LogP contribution is 2.44. The summed E-state index contributed by atoms with van der Waals surface area (Å²) >= 11 is 0. The molecule has 0 saturated carbocycles. The molecule has 10 aromatic carbocycles. The van der Waals surface area contributed by atoms with Crippen LogP contribution < -0.4 is 4.90 Å². The van der Waals surface area contributed by atoms with Gasteiger partial charge in [0.05, 0.1) is 5.69 Å². The predicted molar refractivity (Wildman–Crippen MR) is 253 cm³/mol. The summed E-state index contributed by atoms with van der Waals surface area (Å²) in [4.78, 5) is 2.38. The zero-order valence-corrected chi connectivity index (χ0v) is 32.9. The Labute approximate surface area is 349 Å². The van der Waals surface area contributed by atoms with Crippen LogP contribution in [0.2, 0.25) is 0 Å². The van der Waals surface area contributed by atoms with E-state index in [0.717, 1.165) is 66.8 Å². The van der Waals surface area contributed by atoms with E-state index in [4.69, 9.17) is 4.42 Å². The minimum absolute atomic E-state index is 0.890. The summed E-state index contributed by atoms with van der Waals surface area (Å²) in [5, 5.41) is 4.73. The number of para-hydroxylation sites is 2. The Morgan fingerprint density at radius 1 is 0.283 bits per heavy atom. The fourth-order valence-electron chi connectivity index (χ4n) is 8.73. The number of nitrogens with zero attached hydrogens (tertiary/aromatic N) is 1. The first-order valence-corrected chi connectivity index (χ1v) is 20.5. The summed E-state index contributed by atoms with van der Waals surface area (Å²) in [5.41, 5.74) is 16.6. The van der Waals surface area contributed by atoms with Gasteiger partial charge in [0.1, 0.15) is 11.2 Å². The molecular formula is C58H39NO. The Morgan fingerprint density at radius 2 is 0.783 bits per heavy atom. The first-order valence-electron chi connectivity index (χ1n) is 20.5. The number of hydrogen-bond acceptors (Lipinski definition) is 2. The highest BCUT2D eigenvalue weighted by molar-refractivity contribution is 6.10. The lowest BCUT2D eigenvalue weighted by atomic mass is 9.94. The quantitative estimate of drug-likeness (QED) is 0.153. The van der Waals surface area contributed by atoms with Gasteiger partial charge >= 0.3 is 0 Å². The fraction of sp³-hybridized carbons (Fsp3) is 0. The van der Waals surface area contributed by atoms with E-state index < -0.39 is 0 Å². The van der Waals surface area contributed by atoms with Gasteiger partial charge in [0.25, 0.3) is 0 Å². The number of anilines is 3. The molecule has 0 spiro atoms. The highest BCUT2D eigenvalue weighted by atomic mass is 16.3. The lowest BCUT2D eigenvalue weighted by Gasteiger charge is -2.28. The topological polar surface area (TPSA) is 16.4 Å². The summed E-state index contributed by atoms with van der Waals surface area (Å²) in [5.74, 6) is 0. The Hall–Kier alpha value is -7.94. The average Bonchev–Trinajstić information content (AvgIpc) is 3.71. The molecule has 11 rings (SSSR count). The summed E-state index contributed by atoms with van der Waals surface area (Å²) in [6, 6.07) is 84.8. The molecule has 0 fully saturated rings. The molecule has 0 saturated heterocycles. The normalized spacial score (nSPS) is 11.3. The molecule has 0 radical (unpaired) electrons. The van der Waals surface area contributed by atoms with Crippen LogP contribution in [-0.2, 0) is 0 Å². The van der Waals surface area contributed by atoms with Crippen LogP contribution in [0.25, 0.3) is 88.3 Å². The van der Waals surface area contributed by atoms with Crippen LogP contribution in [0.5, 0.6) is 0 Å². The van der Waals surface area contributed by atoms with Gasteiger partial charge in [0.15, 0.2) is 0 Å². The van der Waals surface area contributed by atoms with Crippen LogP contribution in [0, 0.1) is 0 Å². The number of furan rings is 1. The van der Waals surface area contributed by atoms with Crippen molar-refractivity contribution >= 4 is 49.8 Å². The predicted octanol–water partition coefficient (Wildman–Crippen LogP) is 16.5. The van der Waals surface area contributed by atoms with Gasteiger partial charge in [0.2, 0.25) is 0 Å². The van der Waals surface area contributed by atoms with E-state index in [0.29, 0.717) is 0 Å². The molecule has 2 nitrogen and oxygen atoms in total. The molecule has 60 heavy (non-hydrogen) atoms. The second-order valence-electron chi connectivity index (χ2n) is 15.3. The van der Waals surface area contributed by atoms with Gasteiger partial charge in [-0.25, -0.2) is 0 Å². The molecule has 282 valence electrons. The van der Waals surface area contributed by atoms with E-state index in [2.05, 4.69) is 235 Å². The maximum atomic E-state index is 6.68. The Balaban J connectivity index is 1.02. The summed E-state index contributed by atoms with van der Waals surface area (Å²) in [6.07, 6.45) is 0. The second-order valence-corrected chi connectivity index (χ2v) is 15.3. The molecule has 0 bridgehead atoms. The van der Waals surface area contributed by atoms with Gasteiger partial charge in [-0.05, 0) is 104 Å². The van der Waals surface area contributed by atoms with Gasteiger partial charge in [0, 0.05) is 33.3 Å². The van der Waals surface area contributed by atoms with Crippen molar-refractivity contribution in [3.63, 3.8) is 0 Å². The number of hydrogen-bond donors (Lipinski definition) is 0. The van der Waals surface area contributed by atoms with E-state index in [1.165, 1.54) is 38.6 Å². The zero-order chi connectivity index (χ0) is 39.8. The maximum Gasteiger partial charge on any atom is 0.143 e. The van der Waals surface area contributed by atoms with E-state index in [9.17, 15) is 0 Å². The van der Waals surface area contributed by atoms with Gasteiger partial charge in [-0.2, -0.15) is 0 Å². The van der Waals surface area contributed by atoms with E-state index in [1.807, 2.05) is 6.07 Å². The smallest absolute Gasteiger partial charge is 0.143 e. The third-order valence-electron chi connectivity index (χ3n) is 11.7. The maximum absolute atomic E-state index is 6.68. The van der Waals surface area contributed by atoms with Crippen LogP contribution in [-0.4, -0.2) is 0 Å². The average molecular weight is 766 g/mol. The van der Waals surface area contributed by atoms with Crippen molar-refractivity contribution in [3.8, 4) is 55.6 Å². The fourth-order valence-corrected chi connectivity index (χ4v) is 8.73. The minimum atomic E-state index is 0.890. The standard InChI is InChI=1S/C58H39NO/c1-3-14-40(15-4-1)42-28-33-48(34-29-42)59(56-27-10-9-23-52(56)47-21-11-20-46(38-47)51-24-12-19-43-18-7-8-22-50(43)51)49-35-30-44(31-36-49)53-25-13-26-55-54-37-32-45(39-57(54)60-58(53)55)41-16-5-2-6-17-41/h1-39H. The first-order chi connectivity index (χ1) is 29.7. The SMILES string of the molecule is c1ccc(-c2ccc(N(c3ccc(-c4cccc5c4oc4cc(-c6ccccc6)ccc45)cc3)c3ccccc3-c3cccc(-c4cccc5ccccc45)c3)cc2)cc1. The van der Waals surface area contributed by atoms with Crippen LogP contribution in [0.4, 0.5) is 17.1 Å².